The van der Waals surface area contributed by atoms with E-state index in [1.165, 1.54) is 4.90 Å². The first-order valence-corrected chi connectivity index (χ1v) is 8.70. The lowest BCUT2D eigenvalue weighted by atomic mass is 9.94. The lowest BCUT2D eigenvalue weighted by molar-refractivity contribution is -0.156. The number of esters is 1. The summed E-state index contributed by atoms with van der Waals surface area (Å²) in [6, 6.07) is 0. The Morgan fingerprint density at radius 1 is 1.17 bits per heavy atom. The van der Waals surface area contributed by atoms with E-state index in [-0.39, 0.29) is 29.9 Å². The maximum atomic E-state index is 12.2. The summed E-state index contributed by atoms with van der Waals surface area (Å²) in [5, 5.41) is 10.3. The number of piperidine rings is 1. The monoisotopic (exact) mass is 393 g/mol. The van der Waals surface area contributed by atoms with Gasteiger partial charge in [-0.2, -0.15) is 0 Å². The van der Waals surface area contributed by atoms with Crippen LogP contribution in [0.25, 0.3) is 0 Å². The van der Waals surface area contributed by atoms with Gasteiger partial charge < -0.3 is 19.5 Å². The van der Waals surface area contributed by atoms with Crippen molar-refractivity contribution >= 4 is 28.0 Å². The van der Waals surface area contributed by atoms with Crippen LogP contribution in [0.3, 0.4) is 0 Å². The molecule has 1 aliphatic heterocycles. The highest BCUT2D eigenvalue weighted by molar-refractivity contribution is 9.09. The van der Waals surface area contributed by atoms with Gasteiger partial charge >= 0.3 is 12.1 Å². The predicted octanol–water partition coefficient (Wildman–Crippen LogP) is 2.57. The molecule has 0 aliphatic carbocycles. The molecule has 0 radical (unpaired) electrons. The van der Waals surface area contributed by atoms with Crippen LogP contribution < -0.4 is 0 Å². The molecule has 1 rings (SSSR count). The number of nitrogens with zero attached hydrogens (tertiary/aromatic N) is 1. The van der Waals surface area contributed by atoms with Crippen LogP contribution in [0.2, 0.25) is 0 Å². The average molecular weight is 394 g/mol. The minimum absolute atomic E-state index is 0.0681. The topological polar surface area (TPSA) is 76.1 Å². The highest BCUT2D eigenvalue weighted by atomic mass is 79.9. The Hall–Kier alpha value is -0.820. The normalized spacial score (nSPS) is 25.9. The van der Waals surface area contributed by atoms with E-state index < -0.39 is 23.2 Å². The number of amides is 1. The zero-order valence-corrected chi connectivity index (χ0v) is 16.3. The number of rotatable bonds is 2. The van der Waals surface area contributed by atoms with Gasteiger partial charge in [0.25, 0.3) is 0 Å². The fraction of sp³-hybridized carbons (Fsp3) is 0.875. The molecule has 1 heterocycles. The van der Waals surface area contributed by atoms with Gasteiger partial charge in [0.1, 0.15) is 5.60 Å². The van der Waals surface area contributed by atoms with Crippen molar-refractivity contribution in [2.45, 2.75) is 58.1 Å². The van der Waals surface area contributed by atoms with Crippen LogP contribution >= 0.6 is 15.9 Å². The van der Waals surface area contributed by atoms with Crippen LogP contribution in [0.15, 0.2) is 0 Å². The Bertz CT molecular complexity index is 441. The number of hydrogen-bond donors (Lipinski definition) is 1. The Morgan fingerprint density at radius 3 is 2.22 bits per heavy atom. The Morgan fingerprint density at radius 2 is 1.74 bits per heavy atom. The van der Waals surface area contributed by atoms with E-state index in [4.69, 9.17) is 9.47 Å². The lowest BCUT2D eigenvalue weighted by Gasteiger charge is -2.39. The molecule has 0 aromatic carbocycles. The molecule has 0 saturated carbocycles. The van der Waals surface area contributed by atoms with Gasteiger partial charge in [-0.1, -0.05) is 15.9 Å². The second-order valence-corrected chi connectivity index (χ2v) is 9.18. The van der Waals surface area contributed by atoms with Gasteiger partial charge in [0.05, 0.1) is 23.0 Å². The van der Waals surface area contributed by atoms with Crippen LogP contribution in [0.5, 0.6) is 0 Å². The molecule has 0 unspecified atom stereocenters. The fourth-order valence-electron chi connectivity index (χ4n) is 2.11. The number of alkyl halides is 1. The summed E-state index contributed by atoms with van der Waals surface area (Å²) in [4.78, 5) is 25.3. The van der Waals surface area contributed by atoms with Crippen molar-refractivity contribution in [3.63, 3.8) is 0 Å². The van der Waals surface area contributed by atoms with Gasteiger partial charge in [0, 0.05) is 19.0 Å². The zero-order chi connectivity index (χ0) is 18.0. The van der Waals surface area contributed by atoms with E-state index in [0.717, 1.165) is 0 Å². The van der Waals surface area contributed by atoms with Crippen LogP contribution in [0.4, 0.5) is 4.79 Å². The Labute approximate surface area is 146 Å². The third kappa shape index (κ3) is 6.30. The van der Waals surface area contributed by atoms with E-state index in [9.17, 15) is 14.7 Å². The quantitative estimate of drug-likeness (QED) is 0.576. The SMILES string of the molecule is CC(C)(C)OC(=O)N1C[C@H](COC(=O)C(C)(C)C)[C@H](O)[C@@H](Br)C1. The van der Waals surface area contributed by atoms with Crippen molar-refractivity contribution in [3.05, 3.63) is 0 Å². The molecule has 0 aromatic heterocycles. The standard InChI is InChI=1S/C16H28BrNO5/c1-15(2,3)13(20)22-9-10-7-18(8-11(17)12(10)19)14(21)23-16(4,5)6/h10-12,19H,7-9H2,1-6H3/t10-,11+,12+/m1/s1. The second-order valence-electron chi connectivity index (χ2n) is 8.00. The first kappa shape index (κ1) is 20.2. The predicted molar refractivity (Wildman–Crippen MR) is 90.4 cm³/mol. The number of carbonyl (C=O) groups excluding carboxylic acids is 2. The number of ether oxygens (including phenoxy) is 2. The Balaban J connectivity index is 2.68. The van der Waals surface area contributed by atoms with Gasteiger partial charge in [-0.25, -0.2) is 4.79 Å². The molecule has 0 aromatic rings. The minimum Gasteiger partial charge on any atom is -0.465 e. The minimum atomic E-state index is -0.693. The van der Waals surface area contributed by atoms with E-state index in [1.54, 1.807) is 41.5 Å². The molecule has 7 heteroatoms. The van der Waals surface area contributed by atoms with Crippen molar-refractivity contribution in [3.8, 4) is 0 Å². The van der Waals surface area contributed by atoms with Crippen LogP contribution in [-0.2, 0) is 14.3 Å². The van der Waals surface area contributed by atoms with Gasteiger partial charge in [-0.15, -0.1) is 0 Å². The summed E-state index contributed by atoms with van der Waals surface area (Å²) in [7, 11) is 0. The number of hydrogen-bond acceptors (Lipinski definition) is 5. The van der Waals surface area contributed by atoms with Crippen LogP contribution in [0, 0.1) is 11.3 Å². The molecule has 1 fully saturated rings. The van der Waals surface area contributed by atoms with E-state index in [2.05, 4.69) is 15.9 Å². The third-order valence-electron chi connectivity index (χ3n) is 3.40. The number of aliphatic hydroxyl groups excluding tert-OH is 1. The number of aliphatic hydroxyl groups is 1. The maximum absolute atomic E-state index is 12.2. The van der Waals surface area contributed by atoms with Crippen molar-refractivity contribution in [2.24, 2.45) is 11.3 Å². The highest BCUT2D eigenvalue weighted by Gasteiger charge is 2.39. The maximum Gasteiger partial charge on any atom is 0.410 e. The summed E-state index contributed by atoms with van der Waals surface area (Å²) in [6.45, 7) is 11.4. The van der Waals surface area contributed by atoms with Crippen LogP contribution in [-0.4, -0.2) is 58.3 Å². The summed E-state index contributed by atoms with van der Waals surface area (Å²) < 4.78 is 10.7. The van der Waals surface area contributed by atoms with Gasteiger partial charge in [-0.3, -0.25) is 4.79 Å². The smallest absolute Gasteiger partial charge is 0.410 e. The second kappa shape index (κ2) is 7.38. The molecule has 1 saturated heterocycles. The Kier molecular flexibility index (Phi) is 6.49. The van der Waals surface area contributed by atoms with Crippen molar-refractivity contribution in [1.29, 1.82) is 0 Å². The molecular formula is C16H28BrNO5. The molecule has 1 aliphatic rings. The molecule has 0 bridgehead atoms. The molecule has 3 atom stereocenters. The van der Waals surface area contributed by atoms with E-state index >= 15 is 0 Å². The highest BCUT2D eigenvalue weighted by Crippen LogP contribution is 2.26. The first-order valence-electron chi connectivity index (χ1n) is 7.78. The molecule has 1 N–H and O–H groups in total. The lowest BCUT2D eigenvalue weighted by Crippen LogP contribution is -2.54. The molecule has 6 nitrogen and oxygen atoms in total. The first-order chi connectivity index (χ1) is 10.3. The summed E-state index contributed by atoms with van der Waals surface area (Å²) in [5.74, 6) is -0.683. The van der Waals surface area contributed by atoms with Gasteiger partial charge in [0.15, 0.2) is 0 Å². The average Bonchev–Trinajstić information content (AvgIpc) is 2.36. The summed E-state index contributed by atoms with van der Waals surface area (Å²) >= 11 is 3.39. The summed E-state index contributed by atoms with van der Waals surface area (Å²) in [5.41, 5.74) is -1.18. The van der Waals surface area contributed by atoms with Crippen molar-refractivity contribution in [2.75, 3.05) is 19.7 Å². The number of likely N-dealkylation sites (tertiary alicyclic amines) is 1. The number of halogens is 1. The largest absolute Gasteiger partial charge is 0.465 e. The van der Waals surface area contributed by atoms with E-state index in [1.807, 2.05) is 0 Å². The van der Waals surface area contributed by atoms with E-state index in [0.29, 0.717) is 6.54 Å². The molecule has 1 amide bonds. The molecule has 134 valence electrons. The number of carbonyl (C=O) groups is 2. The van der Waals surface area contributed by atoms with Crippen molar-refractivity contribution in [1.82, 2.24) is 4.90 Å². The summed E-state index contributed by atoms with van der Waals surface area (Å²) in [6.07, 6.45) is -1.12. The van der Waals surface area contributed by atoms with Crippen LogP contribution in [0.1, 0.15) is 41.5 Å². The molecule has 23 heavy (non-hydrogen) atoms. The van der Waals surface area contributed by atoms with Crippen molar-refractivity contribution < 1.29 is 24.2 Å². The third-order valence-corrected chi connectivity index (χ3v) is 4.23. The van der Waals surface area contributed by atoms with Gasteiger partial charge in [0.2, 0.25) is 0 Å². The molecular weight excluding hydrogens is 366 g/mol. The molecule has 0 spiro atoms. The fourth-order valence-corrected chi connectivity index (χ4v) is 2.89. The van der Waals surface area contributed by atoms with Gasteiger partial charge in [-0.05, 0) is 41.5 Å². The zero-order valence-electron chi connectivity index (χ0n) is 14.8.